The molecular weight excluding hydrogens is 492 g/mol. The second-order valence-electron chi connectivity index (χ2n) is 11.7. The van der Waals surface area contributed by atoms with Gasteiger partial charge in [0, 0.05) is 30.8 Å². The average molecular weight is 535 g/mol. The van der Waals surface area contributed by atoms with Crippen molar-refractivity contribution in [2.45, 2.75) is 92.0 Å². The Labute approximate surface area is 231 Å². The molecule has 8 nitrogen and oxygen atoms in total. The lowest BCUT2D eigenvalue weighted by atomic mass is 9.78. The van der Waals surface area contributed by atoms with Crippen LogP contribution in [-0.4, -0.2) is 52.1 Å². The minimum atomic E-state index is -0.565. The van der Waals surface area contributed by atoms with Gasteiger partial charge >= 0.3 is 0 Å². The van der Waals surface area contributed by atoms with E-state index in [4.69, 9.17) is 0 Å². The molecule has 0 bridgehead atoms. The standard InChI is InChI=1S/C31H42N4O4/c1-7-12-22-26(30(39)35(33-22)31(4,5)6)27-28(37)25(29(27)38)21-16-15-20(34(8-2)9-3)18-23(21)32-24(36)17-19-13-10-11-14-19/h15-16,18-19,37H,7-14,17H2,1-6H3,(H,32,36). The van der Waals surface area contributed by atoms with Crippen LogP contribution in [0.5, 0.6) is 0 Å². The Morgan fingerprint density at radius 2 is 1.74 bits per heavy atom. The van der Waals surface area contributed by atoms with Crippen molar-refractivity contribution < 1.29 is 19.5 Å². The maximum Gasteiger partial charge on any atom is 0.277 e. The van der Waals surface area contributed by atoms with Crippen LogP contribution in [0.15, 0.2) is 40.2 Å². The first-order valence-corrected chi connectivity index (χ1v) is 14.4. The molecule has 1 aromatic rings. The van der Waals surface area contributed by atoms with Crippen LogP contribution in [0, 0.1) is 5.92 Å². The number of nitrogens with one attached hydrogen (secondary N) is 1. The van der Waals surface area contributed by atoms with Gasteiger partial charge in [0.1, 0.15) is 5.76 Å². The van der Waals surface area contributed by atoms with E-state index in [1.807, 2.05) is 39.8 Å². The number of carbonyl (C=O) groups excluding carboxylic acids is 3. The van der Waals surface area contributed by atoms with Gasteiger partial charge in [-0.1, -0.05) is 26.2 Å². The van der Waals surface area contributed by atoms with Crippen LogP contribution in [0.4, 0.5) is 11.4 Å². The fraction of sp³-hybridized carbons (Fsp3) is 0.548. The lowest BCUT2D eigenvalue weighted by molar-refractivity contribution is -0.130. The van der Waals surface area contributed by atoms with E-state index in [9.17, 15) is 19.5 Å². The highest BCUT2D eigenvalue weighted by Gasteiger charge is 2.46. The van der Waals surface area contributed by atoms with Crippen molar-refractivity contribution in [2.24, 2.45) is 11.0 Å². The van der Waals surface area contributed by atoms with Crippen molar-refractivity contribution in [2.75, 3.05) is 23.3 Å². The summed E-state index contributed by atoms with van der Waals surface area (Å²) in [6.45, 7) is 13.3. The Kier molecular flexibility index (Phi) is 8.33. The van der Waals surface area contributed by atoms with Crippen LogP contribution in [0.25, 0.3) is 5.57 Å². The van der Waals surface area contributed by atoms with E-state index < -0.39 is 11.3 Å². The first kappa shape index (κ1) is 28.6. The fourth-order valence-electron chi connectivity index (χ4n) is 5.76. The molecule has 1 fully saturated rings. The van der Waals surface area contributed by atoms with Crippen LogP contribution < -0.4 is 10.2 Å². The van der Waals surface area contributed by atoms with E-state index in [0.29, 0.717) is 35.7 Å². The van der Waals surface area contributed by atoms with Gasteiger partial charge in [-0.15, -0.1) is 0 Å². The van der Waals surface area contributed by atoms with Gasteiger partial charge in [0.15, 0.2) is 0 Å². The summed E-state index contributed by atoms with van der Waals surface area (Å²) in [4.78, 5) is 42.2. The number of ketones is 1. The molecule has 1 saturated carbocycles. The molecule has 0 aromatic heterocycles. The number of aliphatic hydroxyl groups is 1. The van der Waals surface area contributed by atoms with Crippen LogP contribution in [-0.2, 0) is 14.4 Å². The third-order valence-corrected chi connectivity index (χ3v) is 7.84. The molecule has 2 amide bonds. The first-order valence-electron chi connectivity index (χ1n) is 14.4. The van der Waals surface area contributed by atoms with Gasteiger partial charge in [-0.05, 0) is 78.0 Å². The maximum absolute atomic E-state index is 13.6. The number of hydrogen-bond acceptors (Lipinski definition) is 6. The monoisotopic (exact) mass is 534 g/mol. The Morgan fingerprint density at radius 1 is 1.08 bits per heavy atom. The molecule has 2 aliphatic carbocycles. The summed E-state index contributed by atoms with van der Waals surface area (Å²) in [5.41, 5.74) is 2.17. The zero-order valence-electron chi connectivity index (χ0n) is 24.2. The molecule has 3 aliphatic rings. The molecule has 210 valence electrons. The van der Waals surface area contributed by atoms with Gasteiger partial charge in [0.05, 0.1) is 33.7 Å². The zero-order chi connectivity index (χ0) is 28.5. The number of aliphatic hydroxyl groups excluding tert-OH is 1. The average Bonchev–Trinajstić information content (AvgIpc) is 3.50. The number of rotatable bonds is 9. The Morgan fingerprint density at radius 3 is 2.31 bits per heavy atom. The molecule has 0 saturated heterocycles. The van der Waals surface area contributed by atoms with Crippen molar-refractivity contribution in [3.63, 3.8) is 0 Å². The van der Waals surface area contributed by atoms with Gasteiger partial charge < -0.3 is 15.3 Å². The lowest BCUT2D eigenvalue weighted by Crippen LogP contribution is -2.40. The second kappa shape index (κ2) is 11.4. The Bertz CT molecular complexity index is 1260. The first-order chi connectivity index (χ1) is 18.5. The molecule has 0 unspecified atom stereocenters. The van der Waals surface area contributed by atoms with E-state index in [2.05, 4.69) is 29.2 Å². The minimum Gasteiger partial charge on any atom is -0.506 e. The van der Waals surface area contributed by atoms with E-state index in [1.54, 1.807) is 6.07 Å². The number of nitrogens with zero attached hydrogens (tertiary/aromatic N) is 3. The van der Waals surface area contributed by atoms with Crippen molar-refractivity contribution in [1.29, 1.82) is 0 Å². The molecule has 8 heteroatoms. The quantitative estimate of drug-likeness (QED) is 0.379. The number of hydrazone groups is 1. The highest BCUT2D eigenvalue weighted by molar-refractivity contribution is 6.44. The molecule has 39 heavy (non-hydrogen) atoms. The molecule has 2 N–H and O–H groups in total. The van der Waals surface area contributed by atoms with Crippen molar-refractivity contribution >= 4 is 40.3 Å². The third kappa shape index (κ3) is 5.52. The highest BCUT2D eigenvalue weighted by Crippen LogP contribution is 2.44. The van der Waals surface area contributed by atoms with Crippen LogP contribution in [0.2, 0.25) is 0 Å². The van der Waals surface area contributed by atoms with E-state index >= 15 is 0 Å². The van der Waals surface area contributed by atoms with Gasteiger partial charge in [-0.25, -0.2) is 5.01 Å². The number of hydrogen-bond donors (Lipinski definition) is 2. The molecule has 1 aromatic carbocycles. The van der Waals surface area contributed by atoms with Crippen molar-refractivity contribution in [3.05, 3.63) is 40.7 Å². The number of carbonyl (C=O) groups is 3. The molecule has 0 radical (unpaired) electrons. The topological polar surface area (TPSA) is 102 Å². The zero-order valence-corrected chi connectivity index (χ0v) is 24.2. The number of Topliss-reactive ketones (excluding diaryl/α,β-unsaturated/α-hetero) is 1. The van der Waals surface area contributed by atoms with Gasteiger partial charge in [0.2, 0.25) is 11.7 Å². The van der Waals surface area contributed by atoms with Gasteiger partial charge in [-0.3, -0.25) is 14.4 Å². The summed E-state index contributed by atoms with van der Waals surface area (Å²) in [5.74, 6) is -0.706. The molecule has 1 heterocycles. The van der Waals surface area contributed by atoms with E-state index in [-0.39, 0.29) is 34.3 Å². The fourth-order valence-corrected chi connectivity index (χ4v) is 5.76. The van der Waals surface area contributed by atoms with Crippen molar-refractivity contribution in [3.8, 4) is 0 Å². The number of amides is 2. The van der Waals surface area contributed by atoms with Gasteiger partial charge in [0.25, 0.3) is 5.91 Å². The molecule has 4 rings (SSSR count). The minimum absolute atomic E-state index is 0.0185. The SMILES string of the molecule is CCCC1=NN(C(C)(C)C)C(=O)C1=C1C(=O)C(c2ccc(N(CC)CC)cc2NC(=O)CC2CCCC2)=C1O. The summed E-state index contributed by atoms with van der Waals surface area (Å²) in [6, 6.07) is 5.56. The lowest BCUT2D eigenvalue weighted by Gasteiger charge is -2.29. The molecule has 0 atom stereocenters. The third-order valence-electron chi connectivity index (χ3n) is 7.84. The molecule has 0 spiro atoms. The number of benzene rings is 1. The predicted molar refractivity (Wildman–Crippen MR) is 156 cm³/mol. The summed E-state index contributed by atoms with van der Waals surface area (Å²) in [6.07, 6.45) is 6.14. The highest BCUT2D eigenvalue weighted by atomic mass is 16.3. The van der Waals surface area contributed by atoms with E-state index in [1.165, 1.54) is 5.01 Å². The van der Waals surface area contributed by atoms with Crippen LogP contribution >= 0.6 is 0 Å². The summed E-state index contributed by atoms with van der Waals surface area (Å²) < 4.78 is 0. The largest absolute Gasteiger partial charge is 0.506 e. The second-order valence-corrected chi connectivity index (χ2v) is 11.7. The van der Waals surface area contributed by atoms with Crippen LogP contribution in [0.1, 0.15) is 92.1 Å². The number of allylic oxidation sites excluding steroid dienone is 2. The Balaban J connectivity index is 1.76. The smallest absolute Gasteiger partial charge is 0.277 e. The number of anilines is 2. The summed E-state index contributed by atoms with van der Waals surface area (Å²) in [5, 5.41) is 20.2. The van der Waals surface area contributed by atoms with Crippen molar-refractivity contribution in [1.82, 2.24) is 5.01 Å². The normalized spacial score (nSPS) is 20.1. The Hall–Kier alpha value is -3.42. The van der Waals surface area contributed by atoms with Crippen LogP contribution in [0.3, 0.4) is 0 Å². The molecule has 1 aliphatic heterocycles. The summed E-state index contributed by atoms with van der Waals surface area (Å²) in [7, 11) is 0. The van der Waals surface area contributed by atoms with Gasteiger partial charge in [-0.2, -0.15) is 5.10 Å². The predicted octanol–water partition coefficient (Wildman–Crippen LogP) is 6.00. The summed E-state index contributed by atoms with van der Waals surface area (Å²) >= 11 is 0. The van der Waals surface area contributed by atoms with E-state index in [0.717, 1.165) is 50.9 Å². The maximum atomic E-state index is 13.6. The molecular formula is C31H42N4O4.